The highest BCUT2D eigenvalue weighted by Gasteiger charge is 2.14. The zero-order valence-electron chi connectivity index (χ0n) is 12.2. The first-order valence-corrected chi connectivity index (χ1v) is 7.43. The van der Waals surface area contributed by atoms with Gasteiger partial charge in [0.25, 0.3) is 5.91 Å². The van der Waals surface area contributed by atoms with E-state index in [4.69, 9.17) is 4.74 Å². The van der Waals surface area contributed by atoms with Gasteiger partial charge in [0, 0.05) is 16.1 Å². The molecule has 0 aromatic heterocycles. The highest BCUT2D eigenvalue weighted by molar-refractivity contribution is 9.10. The zero-order valence-corrected chi connectivity index (χ0v) is 13.8. The van der Waals surface area contributed by atoms with Gasteiger partial charge in [0.1, 0.15) is 5.75 Å². The van der Waals surface area contributed by atoms with Crippen LogP contribution in [-0.2, 0) is 4.79 Å². The van der Waals surface area contributed by atoms with E-state index in [0.717, 1.165) is 4.47 Å². The van der Waals surface area contributed by atoms with E-state index in [1.807, 2.05) is 0 Å². The molecule has 0 unspecified atom stereocenters. The van der Waals surface area contributed by atoms with Crippen LogP contribution in [0.5, 0.6) is 11.5 Å². The molecule has 0 atom stereocenters. The van der Waals surface area contributed by atoms with Crippen LogP contribution in [0.15, 0.2) is 52.0 Å². The van der Waals surface area contributed by atoms with Crippen molar-refractivity contribution in [2.75, 3.05) is 6.61 Å². The number of hydrogen-bond donors (Lipinski definition) is 2. The highest BCUT2D eigenvalue weighted by Crippen LogP contribution is 2.25. The molecule has 0 radical (unpaired) electrons. The Morgan fingerprint density at radius 2 is 2.12 bits per heavy atom. The van der Waals surface area contributed by atoms with E-state index in [1.165, 1.54) is 30.5 Å². The van der Waals surface area contributed by atoms with Crippen LogP contribution in [-0.4, -0.2) is 28.8 Å². The van der Waals surface area contributed by atoms with E-state index >= 15 is 0 Å². The minimum Gasteiger partial charge on any atom is -0.507 e. The number of halogens is 1. The summed E-state index contributed by atoms with van der Waals surface area (Å²) in [7, 11) is 0. The number of ether oxygens (including phenoxy) is 1. The number of nitro groups is 1. The molecule has 2 aromatic rings. The Bertz CT molecular complexity index is 794. The van der Waals surface area contributed by atoms with Crippen molar-refractivity contribution in [1.29, 1.82) is 0 Å². The third kappa shape index (κ3) is 4.78. The maximum absolute atomic E-state index is 11.6. The molecular weight excluding hydrogens is 382 g/mol. The molecule has 0 fully saturated rings. The van der Waals surface area contributed by atoms with Crippen molar-refractivity contribution < 1.29 is 19.6 Å². The zero-order chi connectivity index (χ0) is 17.5. The lowest BCUT2D eigenvalue weighted by atomic mass is 10.2. The first kappa shape index (κ1) is 17.4. The number of benzene rings is 2. The van der Waals surface area contributed by atoms with E-state index < -0.39 is 17.4 Å². The Morgan fingerprint density at radius 3 is 2.88 bits per heavy atom. The van der Waals surface area contributed by atoms with Gasteiger partial charge in [-0.3, -0.25) is 14.9 Å². The molecule has 0 aliphatic carbocycles. The van der Waals surface area contributed by atoms with Crippen LogP contribution < -0.4 is 10.2 Å². The molecule has 2 N–H and O–H groups in total. The second-order valence-corrected chi connectivity index (χ2v) is 5.43. The molecule has 2 aromatic carbocycles. The molecule has 0 saturated heterocycles. The Labute approximate surface area is 145 Å². The first-order chi connectivity index (χ1) is 11.5. The van der Waals surface area contributed by atoms with E-state index in [2.05, 4.69) is 26.5 Å². The number of carbonyl (C=O) groups is 1. The number of carbonyl (C=O) groups excluding carboxylic acids is 1. The SMILES string of the molecule is O=C(COc1ccccc1[N+](=O)[O-])NN=Cc1cc(Br)ccc1O. The number of nitrogens with one attached hydrogen (secondary N) is 1. The molecule has 0 saturated carbocycles. The van der Waals surface area contributed by atoms with Crippen molar-refractivity contribution in [3.8, 4) is 11.5 Å². The summed E-state index contributed by atoms with van der Waals surface area (Å²) in [6, 6.07) is 10.5. The summed E-state index contributed by atoms with van der Waals surface area (Å²) in [6.07, 6.45) is 1.27. The molecule has 24 heavy (non-hydrogen) atoms. The molecule has 9 heteroatoms. The van der Waals surface area contributed by atoms with Crippen molar-refractivity contribution >= 4 is 33.7 Å². The van der Waals surface area contributed by atoms with E-state index in [-0.39, 0.29) is 17.2 Å². The summed E-state index contributed by atoms with van der Waals surface area (Å²) < 4.78 is 5.86. The Hall–Kier alpha value is -2.94. The lowest BCUT2D eigenvalue weighted by Crippen LogP contribution is -2.24. The number of amides is 1. The summed E-state index contributed by atoms with van der Waals surface area (Å²) in [6.45, 7) is -0.438. The van der Waals surface area contributed by atoms with E-state index in [9.17, 15) is 20.0 Å². The number of phenols is 1. The number of nitro benzene ring substituents is 1. The van der Waals surface area contributed by atoms with Gasteiger partial charge in [-0.2, -0.15) is 5.10 Å². The highest BCUT2D eigenvalue weighted by atomic mass is 79.9. The molecule has 2 rings (SSSR count). The Morgan fingerprint density at radius 1 is 1.38 bits per heavy atom. The fraction of sp³-hybridized carbons (Fsp3) is 0.0667. The van der Waals surface area contributed by atoms with Crippen molar-refractivity contribution in [2.24, 2.45) is 5.10 Å². The number of rotatable bonds is 6. The quantitative estimate of drug-likeness (QED) is 0.444. The van der Waals surface area contributed by atoms with Crippen molar-refractivity contribution in [3.05, 3.63) is 62.6 Å². The summed E-state index contributed by atoms with van der Waals surface area (Å²) in [5.41, 5.74) is 2.38. The molecule has 0 aliphatic rings. The van der Waals surface area contributed by atoms with E-state index in [0.29, 0.717) is 5.56 Å². The van der Waals surface area contributed by atoms with Crippen LogP contribution in [0.25, 0.3) is 0 Å². The maximum atomic E-state index is 11.6. The van der Waals surface area contributed by atoms with Crippen molar-refractivity contribution in [1.82, 2.24) is 5.43 Å². The van der Waals surface area contributed by atoms with Crippen molar-refractivity contribution in [3.63, 3.8) is 0 Å². The normalized spacial score (nSPS) is 10.5. The molecule has 1 amide bonds. The third-order valence-corrected chi connectivity index (χ3v) is 3.30. The lowest BCUT2D eigenvalue weighted by Gasteiger charge is -2.05. The first-order valence-electron chi connectivity index (χ1n) is 6.64. The van der Waals surface area contributed by atoms with E-state index in [1.54, 1.807) is 18.2 Å². The number of aromatic hydroxyl groups is 1. The molecule has 8 nitrogen and oxygen atoms in total. The topological polar surface area (TPSA) is 114 Å². The van der Waals surface area contributed by atoms with Crippen LogP contribution in [0.4, 0.5) is 5.69 Å². The van der Waals surface area contributed by atoms with Gasteiger partial charge in [-0.25, -0.2) is 5.43 Å². The van der Waals surface area contributed by atoms with Gasteiger partial charge in [-0.1, -0.05) is 28.1 Å². The van der Waals surface area contributed by atoms with Gasteiger partial charge in [0.2, 0.25) is 0 Å². The summed E-state index contributed by atoms with van der Waals surface area (Å²) in [5.74, 6) is -0.600. The van der Waals surface area contributed by atoms with Gasteiger partial charge >= 0.3 is 5.69 Å². The molecule has 0 spiro atoms. The lowest BCUT2D eigenvalue weighted by molar-refractivity contribution is -0.385. The van der Waals surface area contributed by atoms with Crippen LogP contribution in [0.3, 0.4) is 0 Å². The smallest absolute Gasteiger partial charge is 0.310 e. The molecular formula is C15H12BrN3O5. The fourth-order valence-corrected chi connectivity index (χ4v) is 2.09. The molecule has 0 bridgehead atoms. The number of para-hydroxylation sites is 2. The van der Waals surface area contributed by atoms with Gasteiger partial charge in [0.15, 0.2) is 12.4 Å². The number of nitrogens with zero attached hydrogens (tertiary/aromatic N) is 2. The molecule has 0 aliphatic heterocycles. The second-order valence-electron chi connectivity index (χ2n) is 4.51. The standard InChI is InChI=1S/C15H12BrN3O5/c16-11-5-6-13(20)10(7-11)8-17-18-15(21)9-24-14-4-2-1-3-12(14)19(22)23/h1-8,20H,9H2,(H,18,21). The molecule has 0 heterocycles. The minimum absolute atomic E-state index is 0.00681. The Kier molecular flexibility index (Phi) is 5.85. The largest absolute Gasteiger partial charge is 0.507 e. The predicted molar refractivity (Wildman–Crippen MR) is 90.1 cm³/mol. The van der Waals surface area contributed by atoms with Gasteiger partial charge in [-0.05, 0) is 24.3 Å². The third-order valence-electron chi connectivity index (χ3n) is 2.80. The predicted octanol–water partition coefficient (Wildman–Crippen LogP) is 2.59. The van der Waals surface area contributed by atoms with Crippen molar-refractivity contribution in [2.45, 2.75) is 0 Å². The number of phenolic OH excluding ortho intramolecular Hbond substituents is 1. The van der Waals surface area contributed by atoms with Crippen LogP contribution in [0.1, 0.15) is 5.56 Å². The summed E-state index contributed by atoms with van der Waals surface area (Å²) in [4.78, 5) is 21.9. The van der Waals surface area contributed by atoms with Crippen LogP contribution in [0.2, 0.25) is 0 Å². The maximum Gasteiger partial charge on any atom is 0.310 e. The average molecular weight is 394 g/mol. The van der Waals surface area contributed by atoms with Gasteiger partial charge in [0.05, 0.1) is 11.1 Å². The number of hydrazone groups is 1. The fourth-order valence-electron chi connectivity index (χ4n) is 1.71. The second kappa shape index (κ2) is 8.06. The number of hydrogen-bond acceptors (Lipinski definition) is 6. The average Bonchev–Trinajstić information content (AvgIpc) is 2.56. The summed E-state index contributed by atoms with van der Waals surface area (Å²) >= 11 is 3.25. The minimum atomic E-state index is -0.598. The van der Waals surface area contributed by atoms with Gasteiger partial charge in [-0.15, -0.1) is 0 Å². The van der Waals surface area contributed by atoms with Crippen LogP contribution >= 0.6 is 15.9 Å². The summed E-state index contributed by atoms with van der Waals surface area (Å²) in [5, 5.41) is 24.1. The molecule has 124 valence electrons. The monoisotopic (exact) mass is 393 g/mol. The van der Waals surface area contributed by atoms with Gasteiger partial charge < -0.3 is 9.84 Å². The van der Waals surface area contributed by atoms with Crippen LogP contribution in [0, 0.1) is 10.1 Å². The Balaban J connectivity index is 1.91.